The van der Waals surface area contributed by atoms with E-state index >= 15 is 0 Å². The molecule has 1 unspecified atom stereocenters. The molecule has 2 spiro atoms. The highest BCUT2D eigenvalue weighted by Crippen LogP contribution is 2.57. The van der Waals surface area contributed by atoms with E-state index in [2.05, 4.69) is 30.7 Å². The van der Waals surface area contributed by atoms with Gasteiger partial charge in [-0.05, 0) is 86.3 Å². The highest BCUT2D eigenvalue weighted by atomic mass is 32.1. The Labute approximate surface area is 315 Å². The molecule has 4 aromatic rings. The Kier molecular flexibility index (Phi) is 8.60. The Morgan fingerprint density at radius 1 is 1.02 bits per heavy atom. The van der Waals surface area contributed by atoms with Gasteiger partial charge in [-0.25, -0.2) is 9.37 Å². The quantitative estimate of drug-likeness (QED) is 0.265. The maximum Gasteiger partial charge on any atom is 0.249 e. The van der Waals surface area contributed by atoms with E-state index in [0.29, 0.717) is 43.1 Å². The van der Waals surface area contributed by atoms with Gasteiger partial charge in [0.2, 0.25) is 23.6 Å². The molecule has 0 radical (unpaired) electrons. The van der Waals surface area contributed by atoms with Crippen LogP contribution in [0.1, 0.15) is 67.9 Å². The predicted molar refractivity (Wildman–Crippen MR) is 200 cm³/mol. The summed E-state index contributed by atoms with van der Waals surface area (Å²) in [6, 6.07) is 9.43. The Hall–Kier alpha value is -5.02. The van der Waals surface area contributed by atoms with Crippen LogP contribution >= 0.6 is 11.3 Å². The number of nitrogens with one attached hydrogen (secondary N) is 2. The second kappa shape index (κ2) is 13.4. The molecule has 5 aliphatic rings. The van der Waals surface area contributed by atoms with Crippen LogP contribution in [0.3, 0.4) is 0 Å². The molecule has 13 nitrogen and oxygen atoms in total. The zero-order chi connectivity index (χ0) is 37.2. The number of carbonyl (C=O) groups excluding carboxylic acids is 4. The number of pyridine rings is 1. The van der Waals surface area contributed by atoms with E-state index < -0.39 is 23.2 Å². The number of likely N-dealkylation sites (tertiary alicyclic amines) is 2. The summed E-state index contributed by atoms with van der Waals surface area (Å²) < 4.78 is 16.6. The van der Waals surface area contributed by atoms with Crippen molar-refractivity contribution >= 4 is 46.3 Å². The Balaban J connectivity index is 0.785. The number of nitrogens with zero attached hydrogens (tertiary/aromatic N) is 7. The third-order valence-corrected chi connectivity index (χ3v) is 13.7. The maximum absolute atomic E-state index is 14.6. The number of carbonyl (C=O) groups is 4. The molecular formula is C39H42FN9O4S. The topological polar surface area (TPSA) is 146 Å². The van der Waals surface area contributed by atoms with Gasteiger partial charge in [-0.15, -0.1) is 10.2 Å². The van der Waals surface area contributed by atoms with E-state index in [1.165, 1.54) is 17.0 Å². The molecule has 2 N–H and O–H groups in total. The summed E-state index contributed by atoms with van der Waals surface area (Å²) in [5, 5.41) is 16.7. The number of amides is 4. The van der Waals surface area contributed by atoms with Crippen molar-refractivity contribution in [3.63, 3.8) is 0 Å². The summed E-state index contributed by atoms with van der Waals surface area (Å²) in [6.45, 7) is 2.73. The molecule has 9 rings (SSSR count). The fourth-order valence-corrected chi connectivity index (χ4v) is 10.4. The summed E-state index contributed by atoms with van der Waals surface area (Å²) in [5.74, 6) is -0.229. The molecule has 54 heavy (non-hydrogen) atoms. The first-order chi connectivity index (χ1) is 26.1. The molecule has 7 heterocycles. The van der Waals surface area contributed by atoms with E-state index in [4.69, 9.17) is 0 Å². The minimum Gasteiger partial charge on any atom is -0.387 e. The highest BCUT2D eigenvalue weighted by molar-refractivity contribution is 7.14. The van der Waals surface area contributed by atoms with Crippen LogP contribution in [0.25, 0.3) is 16.4 Å². The van der Waals surface area contributed by atoms with Gasteiger partial charge in [0, 0.05) is 81.6 Å². The zero-order valence-electron chi connectivity index (χ0n) is 30.1. The van der Waals surface area contributed by atoms with Gasteiger partial charge >= 0.3 is 0 Å². The molecule has 15 heteroatoms. The van der Waals surface area contributed by atoms with E-state index in [1.54, 1.807) is 17.4 Å². The first kappa shape index (κ1) is 34.7. The van der Waals surface area contributed by atoms with Gasteiger partial charge in [0.25, 0.3) is 0 Å². The van der Waals surface area contributed by atoms with Crippen LogP contribution in [0.15, 0.2) is 55.0 Å². The second-order valence-electron chi connectivity index (χ2n) is 15.5. The average molecular weight is 752 g/mol. The van der Waals surface area contributed by atoms with Crippen molar-refractivity contribution in [3.05, 3.63) is 71.4 Å². The molecule has 3 saturated heterocycles. The average Bonchev–Trinajstić information content (AvgIpc) is 3.93. The third-order valence-electron chi connectivity index (χ3n) is 12.5. The van der Waals surface area contributed by atoms with Gasteiger partial charge in [-0.1, -0.05) is 11.3 Å². The predicted octanol–water partition coefficient (Wildman–Crippen LogP) is 4.24. The van der Waals surface area contributed by atoms with Gasteiger partial charge in [-0.2, -0.15) is 0 Å². The number of hydrogen-bond donors (Lipinski definition) is 2. The summed E-state index contributed by atoms with van der Waals surface area (Å²) in [4.78, 5) is 62.5. The SMILES string of the molecule is CNc1cc(-n2cccc2)ncc1-c1nnc(C2CC3(CCN(C(=O)CN4CCC5(CC4)C(=O)N(C4CCC(=O)NC4=O)c4ccc(F)cc45)CC3)C2)s1. The van der Waals surface area contributed by atoms with Gasteiger partial charge in [0.15, 0.2) is 5.01 Å². The van der Waals surface area contributed by atoms with Gasteiger partial charge < -0.3 is 14.8 Å². The summed E-state index contributed by atoms with van der Waals surface area (Å²) in [6.07, 6.45) is 11.0. The molecule has 0 bridgehead atoms. The Morgan fingerprint density at radius 2 is 1.78 bits per heavy atom. The Bertz CT molecular complexity index is 2130. The highest BCUT2D eigenvalue weighted by Gasteiger charge is 2.55. The van der Waals surface area contributed by atoms with Crippen molar-refractivity contribution in [2.45, 2.75) is 68.7 Å². The van der Waals surface area contributed by atoms with Crippen LogP contribution in [0, 0.1) is 11.2 Å². The molecule has 280 valence electrons. The normalized spacial score (nSPS) is 22.4. The number of anilines is 2. The number of benzene rings is 1. The van der Waals surface area contributed by atoms with Crippen molar-refractivity contribution in [3.8, 4) is 16.4 Å². The molecule has 1 atom stereocenters. The smallest absolute Gasteiger partial charge is 0.249 e. The third kappa shape index (κ3) is 5.88. The largest absolute Gasteiger partial charge is 0.387 e. The molecule has 4 aliphatic heterocycles. The van der Waals surface area contributed by atoms with Crippen LogP contribution in [-0.2, 0) is 24.6 Å². The number of rotatable bonds is 7. The molecule has 1 aliphatic carbocycles. The second-order valence-corrected chi connectivity index (χ2v) is 16.5. The molecule has 1 aromatic carbocycles. The van der Waals surface area contributed by atoms with Crippen LogP contribution < -0.4 is 15.5 Å². The Morgan fingerprint density at radius 3 is 2.50 bits per heavy atom. The van der Waals surface area contributed by atoms with Crippen molar-refractivity contribution in [1.29, 1.82) is 0 Å². The van der Waals surface area contributed by atoms with Crippen molar-refractivity contribution < 1.29 is 23.6 Å². The fourth-order valence-electron chi connectivity index (χ4n) is 9.42. The van der Waals surface area contributed by atoms with Gasteiger partial charge in [-0.3, -0.25) is 34.3 Å². The van der Waals surface area contributed by atoms with Crippen molar-refractivity contribution in [2.24, 2.45) is 5.41 Å². The molecule has 4 fully saturated rings. The maximum atomic E-state index is 14.6. The molecule has 4 amide bonds. The molecule has 1 saturated carbocycles. The zero-order valence-corrected chi connectivity index (χ0v) is 30.9. The van der Waals surface area contributed by atoms with E-state index in [1.807, 2.05) is 53.3 Å². The fraction of sp³-hybridized carbons (Fsp3) is 0.462. The lowest BCUT2D eigenvalue weighted by Crippen LogP contribution is -2.57. The minimum atomic E-state index is -0.968. The number of fused-ring (bicyclic) bond motifs is 2. The van der Waals surface area contributed by atoms with Crippen molar-refractivity contribution in [2.75, 3.05) is 50.0 Å². The van der Waals surface area contributed by atoms with E-state index in [0.717, 1.165) is 65.9 Å². The van der Waals surface area contributed by atoms with E-state index in [-0.39, 0.29) is 42.5 Å². The minimum absolute atomic E-state index is 0.0940. The monoisotopic (exact) mass is 751 g/mol. The number of imide groups is 1. The van der Waals surface area contributed by atoms with Crippen molar-refractivity contribution in [1.82, 2.24) is 34.9 Å². The van der Waals surface area contributed by atoms with Crippen LogP contribution in [0.2, 0.25) is 0 Å². The number of aromatic nitrogens is 4. The summed E-state index contributed by atoms with van der Waals surface area (Å²) in [5.41, 5.74) is 2.27. The standard InChI is InChI=1S/C39H42FN9O4S/c1-41-28-19-31(47-12-2-3-13-47)42-22-26(28)36-45-44-35(54-36)24-20-38(21-24)8-16-48(17-9-38)33(51)23-46-14-10-39(11-15-46)27-18-25(40)4-5-29(27)49(37(39)53)30-6-7-32(50)43-34(30)52/h2-5,12-13,18-19,22,24,30H,6-11,14-17,20-21,23H2,1H3,(H,41,42)(H,43,50,52). The van der Waals surface area contributed by atoms with Crippen LogP contribution in [0.5, 0.6) is 0 Å². The molecular weight excluding hydrogens is 710 g/mol. The lowest BCUT2D eigenvalue weighted by atomic mass is 9.58. The first-order valence-corrected chi connectivity index (χ1v) is 19.6. The summed E-state index contributed by atoms with van der Waals surface area (Å²) >= 11 is 1.64. The van der Waals surface area contributed by atoms with E-state index in [9.17, 15) is 23.6 Å². The summed E-state index contributed by atoms with van der Waals surface area (Å²) in [7, 11) is 1.90. The lowest BCUT2D eigenvalue weighted by molar-refractivity contribution is -0.138. The number of hydrogen-bond acceptors (Lipinski definition) is 10. The van der Waals surface area contributed by atoms with Gasteiger partial charge in [0.1, 0.15) is 22.7 Å². The van der Waals surface area contributed by atoms with Crippen LogP contribution in [0.4, 0.5) is 15.8 Å². The van der Waals surface area contributed by atoms with Crippen LogP contribution in [-0.4, -0.2) is 99.0 Å². The van der Waals surface area contributed by atoms with Gasteiger partial charge in [0.05, 0.1) is 17.5 Å². The number of piperidine rings is 3. The first-order valence-electron chi connectivity index (χ1n) is 18.8. The molecule has 3 aromatic heterocycles. The lowest BCUT2D eigenvalue weighted by Gasteiger charge is -2.51. The number of halogens is 1.